The Labute approximate surface area is 136 Å². The van der Waals surface area contributed by atoms with Crippen molar-refractivity contribution in [1.29, 1.82) is 0 Å². The second-order valence-electron chi connectivity index (χ2n) is 5.65. The van der Waals surface area contributed by atoms with Gasteiger partial charge in [0, 0.05) is 19.6 Å². The van der Waals surface area contributed by atoms with E-state index in [1.165, 1.54) is 0 Å². The Kier molecular flexibility index (Phi) is 6.87. The highest BCUT2D eigenvalue weighted by molar-refractivity contribution is 5.73. The molecule has 0 aromatic heterocycles. The average Bonchev–Trinajstić information content (AvgIpc) is 3.02. The smallest absolute Gasteiger partial charge is 0.315 e. The van der Waals surface area contributed by atoms with Gasteiger partial charge in [-0.2, -0.15) is 0 Å². The first-order valence-corrected chi connectivity index (χ1v) is 8.00. The normalized spacial score (nSPS) is 17.2. The van der Waals surface area contributed by atoms with Gasteiger partial charge in [-0.1, -0.05) is 30.3 Å². The largest absolute Gasteiger partial charge is 0.463 e. The van der Waals surface area contributed by atoms with E-state index in [9.17, 15) is 9.59 Å². The summed E-state index contributed by atoms with van der Waals surface area (Å²) in [5.41, 5.74) is 6.40. The predicted molar refractivity (Wildman–Crippen MR) is 85.6 cm³/mol. The topological polar surface area (TPSA) is 81.9 Å². The number of carbonyl (C=O) groups is 2. The number of urea groups is 1. The van der Waals surface area contributed by atoms with Crippen molar-refractivity contribution < 1.29 is 19.1 Å². The van der Waals surface area contributed by atoms with Crippen molar-refractivity contribution in [3.63, 3.8) is 0 Å². The van der Waals surface area contributed by atoms with Gasteiger partial charge in [0.25, 0.3) is 0 Å². The number of rotatable bonds is 8. The highest BCUT2D eigenvalue weighted by Crippen LogP contribution is 2.17. The van der Waals surface area contributed by atoms with E-state index in [1.54, 1.807) is 4.90 Å². The van der Waals surface area contributed by atoms with E-state index in [0.717, 1.165) is 18.4 Å². The number of nitrogens with zero attached hydrogens (tertiary/aromatic N) is 1. The molecule has 23 heavy (non-hydrogen) atoms. The summed E-state index contributed by atoms with van der Waals surface area (Å²) in [4.78, 5) is 24.5. The average molecular weight is 320 g/mol. The van der Waals surface area contributed by atoms with Crippen LogP contribution in [0.5, 0.6) is 0 Å². The van der Waals surface area contributed by atoms with Gasteiger partial charge in [0.1, 0.15) is 6.61 Å². The first kappa shape index (κ1) is 17.3. The fourth-order valence-corrected chi connectivity index (χ4v) is 2.64. The molecule has 0 aliphatic carbocycles. The van der Waals surface area contributed by atoms with Crippen molar-refractivity contribution in [2.45, 2.75) is 38.3 Å². The molecule has 1 aromatic rings. The SMILES string of the molecule is NC(=O)N1CCCC1COC(=O)CCCOCc1ccccc1. The number of esters is 1. The number of likely N-dealkylation sites (tertiary alicyclic amines) is 1. The van der Waals surface area contributed by atoms with E-state index in [-0.39, 0.29) is 18.6 Å². The Morgan fingerprint density at radius 3 is 2.78 bits per heavy atom. The fraction of sp³-hybridized carbons (Fsp3) is 0.529. The van der Waals surface area contributed by atoms with Crippen molar-refractivity contribution in [3.8, 4) is 0 Å². The molecule has 1 heterocycles. The molecule has 1 aromatic carbocycles. The van der Waals surface area contributed by atoms with Crippen LogP contribution in [0.3, 0.4) is 0 Å². The van der Waals surface area contributed by atoms with Crippen molar-refractivity contribution in [2.75, 3.05) is 19.8 Å². The molecule has 6 nitrogen and oxygen atoms in total. The number of ether oxygens (including phenoxy) is 2. The summed E-state index contributed by atoms with van der Waals surface area (Å²) < 4.78 is 10.7. The van der Waals surface area contributed by atoms with Crippen LogP contribution in [0.2, 0.25) is 0 Å². The number of hydrogen-bond acceptors (Lipinski definition) is 4. The fourth-order valence-electron chi connectivity index (χ4n) is 2.64. The van der Waals surface area contributed by atoms with Crippen LogP contribution >= 0.6 is 0 Å². The molecule has 1 atom stereocenters. The van der Waals surface area contributed by atoms with E-state index in [1.807, 2.05) is 30.3 Å². The minimum absolute atomic E-state index is 0.0780. The van der Waals surface area contributed by atoms with Gasteiger partial charge in [-0.15, -0.1) is 0 Å². The van der Waals surface area contributed by atoms with Gasteiger partial charge in [-0.05, 0) is 24.8 Å². The second kappa shape index (κ2) is 9.15. The standard InChI is InChI=1S/C17H24N2O4/c18-17(21)19-10-4-8-15(19)13-23-16(20)9-5-11-22-12-14-6-2-1-3-7-14/h1-3,6-7,15H,4-5,8-13H2,(H2,18,21). The lowest BCUT2D eigenvalue weighted by molar-refractivity contribution is -0.145. The molecule has 6 heteroatoms. The van der Waals surface area contributed by atoms with Gasteiger partial charge in [-0.25, -0.2) is 4.79 Å². The molecule has 1 unspecified atom stereocenters. The third-order valence-electron chi connectivity index (χ3n) is 3.88. The Morgan fingerprint density at radius 1 is 1.26 bits per heavy atom. The van der Waals surface area contributed by atoms with E-state index < -0.39 is 6.03 Å². The van der Waals surface area contributed by atoms with Crippen LogP contribution < -0.4 is 5.73 Å². The Hall–Kier alpha value is -2.08. The molecular weight excluding hydrogens is 296 g/mol. The second-order valence-corrected chi connectivity index (χ2v) is 5.65. The lowest BCUT2D eigenvalue weighted by Gasteiger charge is -2.22. The molecular formula is C17H24N2O4. The summed E-state index contributed by atoms with van der Waals surface area (Å²) in [5.74, 6) is -0.260. The van der Waals surface area contributed by atoms with Crippen molar-refractivity contribution >= 4 is 12.0 Å². The third-order valence-corrected chi connectivity index (χ3v) is 3.88. The number of hydrogen-bond donors (Lipinski definition) is 1. The van der Waals surface area contributed by atoms with Crippen molar-refractivity contribution in [3.05, 3.63) is 35.9 Å². The van der Waals surface area contributed by atoms with Crippen LogP contribution in [0.15, 0.2) is 30.3 Å². The van der Waals surface area contributed by atoms with E-state index >= 15 is 0 Å². The molecule has 1 saturated heterocycles. The highest BCUT2D eigenvalue weighted by atomic mass is 16.5. The molecule has 1 fully saturated rings. The molecule has 0 radical (unpaired) electrons. The number of nitrogens with two attached hydrogens (primary N) is 1. The minimum atomic E-state index is -0.446. The van der Waals surface area contributed by atoms with Crippen molar-refractivity contribution in [2.24, 2.45) is 5.73 Å². The van der Waals surface area contributed by atoms with Crippen LogP contribution in [0.25, 0.3) is 0 Å². The van der Waals surface area contributed by atoms with Gasteiger partial charge in [0.2, 0.25) is 0 Å². The maximum Gasteiger partial charge on any atom is 0.315 e. The monoisotopic (exact) mass is 320 g/mol. The summed E-state index contributed by atoms with van der Waals surface area (Å²) in [6.07, 6.45) is 2.67. The van der Waals surface area contributed by atoms with Crippen LogP contribution in [0.4, 0.5) is 4.79 Å². The van der Waals surface area contributed by atoms with E-state index in [0.29, 0.717) is 32.6 Å². The van der Waals surface area contributed by atoms with Crippen LogP contribution in [-0.2, 0) is 20.9 Å². The highest BCUT2D eigenvalue weighted by Gasteiger charge is 2.28. The Bertz CT molecular complexity index is 507. The Morgan fingerprint density at radius 2 is 2.04 bits per heavy atom. The zero-order valence-electron chi connectivity index (χ0n) is 13.3. The van der Waals surface area contributed by atoms with Crippen LogP contribution in [0.1, 0.15) is 31.2 Å². The summed E-state index contributed by atoms with van der Waals surface area (Å²) in [6, 6.07) is 9.37. The molecule has 0 spiro atoms. The first-order valence-electron chi connectivity index (χ1n) is 8.00. The molecule has 126 valence electrons. The molecule has 0 bridgehead atoms. The lowest BCUT2D eigenvalue weighted by Crippen LogP contribution is -2.41. The van der Waals surface area contributed by atoms with E-state index in [2.05, 4.69) is 0 Å². The van der Waals surface area contributed by atoms with Crippen molar-refractivity contribution in [1.82, 2.24) is 4.90 Å². The quantitative estimate of drug-likeness (QED) is 0.587. The van der Waals surface area contributed by atoms with Gasteiger partial charge < -0.3 is 20.1 Å². The maximum absolute atomic E-state index is 11.7. The van der Waals surface area contributed by atoms with E-state index in [4.69, 9.17) is 15.2 Å². The van der Waals surface area contributed by atoms with Crippen LogP contribution in [-0.4, -0.2) is 42.7 Å². The number of amides is 2. The third kappa shape index (κ3) is 5.90. The zero-order valence-corrected chi connectivity index (χ0v) is 13.3. The predicted octanol–water partition coefficient (Wildman–Crippen LogP) is 2.07. The van der Waals surface area contributed by atoms with Crippen LogP contribution in [0, 0.1) is 0 Å². The summed E-state index contributed by atoms with van der Waals surface area (Å²) in [5, 5.41) is 0. The summed E-state index contributed by atoms with van der Waals surface area (Å²) >= 11 is 0. The Balaban J connectivity index is 1.54. The lowest BCUT2D eigenvalue weighted by atomic mass is 10.2. The molecule has 2 amide bonds. The van der Waals surface area contributed by atoms with Gasteiger partial charge in [0.15, 0.2) is 0 Å². The molecule has 2 N–H and O–H groups in total. The number of carbonyl (C=O) groups excluding carboxylic acids is 2. The molecule has 2 rings (SSSR count). The molecule has 1 aliphatic rings. The number of primary amides is 1. The molecule has 0 saturated carbocycles. The zero-order chi connectivity index (χ0) is 16.5. The number of benzene rings is 1. The first-order chi connectivity index (χ1) is 11.2. The minimum Gasteiger partial charge on any atom is -0.463 e. The van der Waals surface area contributed by atoms with Gasteiger partial charge in [0.05, 0.1) is 12.6 Å². The van der Waals surface area contributed by atoms with Gasteiger partial charge in [-0.3, -0.25) is 4.79 Å². The molecule has 1 aliphatic heterocycles. The summed E-state index contributed by atoms with van der Waals surface area (Å²) in [6.45, 7) is 1.93. The summed E-state index contributed by atoms with van der Waals surface area (Å²) in [7, 11) is 0. The maximum atomic E-state index is 11.7. The van der Waals surface area contributed by atoms with Gasteiger partial charge >= 0.3 is 12.0 Å².